The second-order valence-electron chi connectivity index (χ2n) is 1.73. The average Bonchev–Trinajstić information content (AvgIpc) is 2.34. The Hall–Kier alpha value is 0.650. The van der Waals surface area contributed by atoms with E-state index in [9.17, 15) is 0 Å². The van der Waals surface area contributed by atoms with E-state index < -0.39 is 0 Å². The van der Waals surface area contributed by atoms with Crippen LogP contribution in [0.2, 0.25) is 0 Å². The molecule has 1 aromatic rings. The highest BCUT2D eigenvalue weighted by Crippen LogP contribution is 2.18. The molecular formula is C5H5Br3N2. The van der Waals surface area contributed by atoms with Gasteiger partial charge in [0.15, 0.2) is 0 Å². The fraction of sp³-hybridized carbons (Fsp3) is 0.400. The first kappa shape index (κ1) is 8.74. The Bertz CT molecular complexity index is 210. The summed E-state index contributed by atoms with van der Waals surface area (Å²) >= 11 is 10.1. The number of nitrogens with zero attached hydrogens (tertiary/aromatic N) is 2. The summed E-state index contributed by atoms with van der Waals surface area (Å²) in [7, 11) is 0. The molecule has 0 aliphatic rings. The molecule has 0 spiro atoms. The molecule has 1 aromatic heterocycles. The van der Waals surface area contributed by atoms with E-state index in [0.717, 1.165) is 9.80 Å². The summed E-state index contributed by atoms with van der Waals surface area (Å²) in [4.78, 5) is 0.235. The molecule has 0 amide bonds. The van der Waals surface area contributed by atoms with Crippen LogP contribution in [0.25, 0.3) is 0 Å². The number of hydrogen-bond donors (Lipinski definition) is 0. The molecular weight excluding hydrogens is 328 g/mol. The monoisotopic (exact) mass is 330 g/mol. The van der Waals surface area contributed by atoms with Crippen molar-refractivity contribution < 1.29 is 0 Å². The van der Waals surface area contributed by atoms with Crippen LogP contribution in [0.15, 0.2) is 16.9 Å². The highest BCUT2D eigenvalue weighted by atomic mass is 79.9. The van der Waals surface area contributed by atoms with Gasteiger partial charge in [-0.05, 0) is 15.9 Å². The van der Waals surface area contributed by atoms with Crippen molar-refractivity contribution >= 4 is 47.8 Å². The first-order valence-electron chi connectivity index (χ1n) is 2.63. The van der Waals surface area contributed by atoms with Gasteiger partial charge in [0.2, 0.25) is 0 Å². The number of hydrogen-bond acceptors (Lipinski definition) is 1. The molecule has 0 saturated heterocycles. The van der Waals surface area contributed by atoms with Crippen molar-refractivity contribution in [1.82, 2.24) is 9.78 Å². The van der Waals surface area contributed by atoms with Crippen molar-refractivity contribution in [2.45, 2.75) is 4.95 Å². The fourth-order valence-electron chi connectivity index (χ4n) is 0.539. The van der Waals surface area contributed by atoms with Crippen LogP contribution in [0.3, 0.4) is 0 Å². The summed E-state index contributed by atoms with van der Waals surface area (Å²) in [6.07, 6.45) is 3.68. The molecule has 0 saturated carbocycles. The largest absolute Gasteiger partial charge is 0.257 e. The van der Waals surface area contributed by atoms with E-state index in [1.165, 1.54) is 0 Å². The minimum Gasteiger partial charge on any atom is -0.257 e. The summed E-state index contributed by atoms with van der Waals surface area (Å²) in [5.41, 5.74) is 0. The van der Waals surface area contributed by atoms with Gasteiger partial charge < -0.3 is 0 Å². The van der Waals surface area contributed by atoms with Crippen molar-refractivity contribution in [3.05, 3.63) is 16.9 Å². The van der Waals surface area contributed by atoms with E-state index >= 15 is 0 Å². The van der Waals surface area contributed by atoms with Crippen molar-refractivity contribution in [3.8, 4) is 0 Å². The van der Waals surface area contributed by atoms with E-state index in [-0.39, 0.29) is 4.95 Å². The lowest BCUT2D eigenvalue weighted by Gasteiger charge is -2.03. The zero-order chi connectivity index (χ0) is 7.56. The second kappa shape index (κ2) is 3.88. The molecule has 0 N–H and O–H groups in total. The Morgan fingerprint density at radius 1 is 1.70 bits per heavy atom. The Morgan fingerprint density at radius 3 is 2.80 bits per heavy atom. The van der Waals surface area contributed by atoms with E-state index in [1.54, 1.807) is 6.20 Å². The quantitative estimate of drug-likeness (QED) is 0.761. The third-order valence-corrected chi connectivity index (χ3v) is 3.62. The van der Waals surface area contributed by atoms with Gasteiger partial charge in [0.1, 0.15) is 4.95 Å². The van der Waals surface area contributed by atoms with Gasteiger partial charge in [-0.25, -0.2) is 0 Å². The summed E-state index contributed by atoms with van der Waals surface area (Å²) in [6, 6.07) is 0. The Morgan fingerprint density at radius 2 is 2.40 bits per heavy atom. The van der Waals surface area contributed by atoms with Crippen LogP contribution in [0.4, 0.5) is 0 Å². The minimum absolute atomic E-state index is 0.235. The zero-order valence-corrected chi connectivity index (χ0v) is 9.73. The first-order chi connectivity index (χ1) is 4.74. The van der Waals surface area contributed by atoms with Gasteiger partial charge in [-0.15, -0.1) is 0 Å². The molecule has 1 unspecified atom stereocenters. The lowest BCUT2D eigenvalue weighted by atomic mass is 10.7. The molecule has 56 valence electrons. The van der Waals surface area contributed by atoms with Crippen LogP contribution >= 0.6 is 47.8 Å². The summed E-state index contributed by atoms with van der Waals surface area (Å²) < 4.78 is 2.83. The van der Waals surface area contributed by atoms with Crippen LogP contribution < -0.4 is 0 Å². The molecule has 0 aromatic carbocycles. The molecule has 0 bridgehead atoms. The van der Waals surface area contributed by atoms with E-state index in [0.29, 0.717) is 0 Å². The summed E-state index contributed by atoms with van der Waals surface area (Å²) in [5.74, 6) is 0. The van der Waals surface area contributed by atoms with E-state index in [4.69, 9.17) is 0 Å². The topological polar surface area (TPSA) is 17.8 Å². The van der Waals surface area contributed by atoms with Crippen LogP contribution in [-0.2, 0) is 0 Å². The predicted octanol–water partition coefficient (Wildman–Crippen LogP) is 2.93. The third-order valence-electron chi connectivity index (χ3n) is 0.984. The highest BCUT2D eigenvalue weighted by molar-refractivity contribution is 9.12. The van der Waals surface area contributed by atoms with Crippen LogP contribution in [0, 0.1) is 0 Å². The average molecular weight is 333 g/mol. The van der Waals surface area contributed by atoms with Crippen molar-refractivity contribution in [2.24, 2.45) is 0 Å². The highest BCUT2D eigenvalue weighted by Gasteiger charge is 2.03. The number of alkyl halides is 2. The fourth-order valence-corrected chi connectivity index (χ4v) is 1.36. The van der Waals surface area contributed by atoms with Gasteiger partial charge in [0.05, 0.1) is 10.7 Å². The molecule has 0 aliphatic carbocycles. The standard InChI is InChI=1S/C5H5Br3N2/c6-1-5(8)10-3-4(7)2-9-10/h2-3,5H,1H2. The lowest BCUT2D eigenvalue weighted by Crippen LogP contribution is -2.02. The number of rotatable bonds is 2. The van der Waals surface area contributed by atoms with Gasteiger partial charge in [-0.3, -0.25) is 4.68 Å². The minimum atomic E-state index is 0.235. The summed E-state index contributed by atoms with van der Waals surface area (Å²) in [5, 5.41) is 4.93. The zero-order valence-electron chi connectivity index (χ0n) is 4.97. The second-order valence-corrected chi connectivity index (χ2v) is 4.35. The number of aromatic nitrogens is 2. The van der Waals surface area contributed by atoms with Crippen LogP contribution in [0.1, 0.15) is 4.95 Å². The molecule has 0 radical (unpaired) electrons. The van der Waals surface area contributed by atoms with Gasteiger partial charge in [-0.2, -0.15) is 5.10 Å². The molecule has 10 heavy (non-hydrogen) atoms. The Balaban J connectivity index is 2.74. The maximum absolute atomic E-state index is 4.08. The molecule has 1 rings (SSSR count). The van der Waals surface area contributed by atoms with Crippen molar-refractivity contribution in [1.29, 1.82) is 0 Å². The van der Waals surface area contributed by atoms with E-state index in [1.807, 2.05) is 10.9 Å². The Kier molecular flexibility index (Phi) is 3.39. The maximum atomic E-state index is 4.08. The molecule has 2 nitrogen and oxygen atoms in total. The van der Waals surface area contributed by atoms with Gasteiger partial charge in [0, 0.05) is 11.5 Å². The van der Waals surface area contributed by atoms with Gasteiger partial charge in [0.25, 0.3) is 0 Å². The third kappa shape index (κ3) is 2.07. The van der Waals surface area contributed by atoms with E-state index in [2.05, 4.69) is 52.9 Å². The molecule has 1 heterocycles. The van der Waals surface area contributed by atoms with Gasteiger partial charge in [-0.1, -0.05) is 31.9 Å². The molecule has 0 fully saturated rings. The maximum Gasteiger partial charge on any atom is 0.116 e. The lowest BCUT2D eigenvalue weighted by molar-refractivity contribution is 0.662. The smallest absolute Gasteiger partial charge is 0.116 e. The summed E-state index contributed by atoms with van der Waals surface area (Å²) in [6.45, 7) is 0. The van der Waals surface area contributed by atoms with Crippen LogP contribution in [0.5, 0.6) is 0 Å². The molecule has 1 atom stereocenters. The normalized spacial score (nSPS) is 13.5. The molecule has 5 heteroatoms. The van der Waals surface area contributed by atoms with Crippen molar-refractivity contribution in [3.63, 3.8) is 0 Å². The first-order valence-corrected chi connectivity index (χ1v) is 5.46. The van der Waals surface area contributed by atoms with Crippen molar-refractivity contribution in [2.75, 3.05) is 5.33 Å². The predicted molar refractivity (Wildman–Crippen MR) is 51.7 cm³/mol. The van der Waals surface area contributed by atoms with Crippen LogP contribution in [-0.4, -0.2) is 15.1 Å². The van der Waals surface area contributed by atoms with Gasteiger partial charge >= 0.3 is 0 Å². The molecule has 0 aliphatic heterocycles. The number of halogens is 3. The SMILES string of the molecule is BrCC(Br)n1cc(Br)cn1. The Labute approximate surface area is 84.4 Å².